The van der Waals surface area contributed by atoms with Crippen LogP contribution < -0.4 is 0 Å². The fraction of sp³-hybridized carbons (Fsp3) is 0.118. The molecule has 114 valence electrons. The molecule has 23 heavy (non-hydrogen) atoms. The van der Waals surface area contributed by atoms with Crippen molar-refractivity contribution in [1.82, 2.24) is 14.8 Å². The number of aryl methyl sites for hydroxylation is 1. The van der Waals surface area contributed by atoms with Gasteiger partial charge >= 0.3 is 0 Å². The number of carbonyl (C=O) groups excluding carboxylic acids is 1. The zero-order chi connectivity index (χ0) is 15.8. The summed E-state index contributed by atoms with van der Waals surface area (Å²) in [7, 11) is 0. The molecule has 2 aromatic carbocycles. The van der Waals surface area contributed by atoms with Crippen molar-refractivity contribution in [2.45, 2.75) is 12.1 Å². The Bertz CT molecular complexity index is 966. The number of hydrogen-bond acceptors (Lipinski definition) is 5. The van der Waals surface area contributed by atoms with Gasteiger partial charge in [0.1, 0.15) is 0 Å². The normalized spacial score (nSPS) is 11.3. The maximum absolute atomic E-state index is 12.8. The summed E-state index contributed by atoms with van der Waals surface area (Å²) >= 11 is 1.25. The Morgan fingerprint density at radius 1 is 1.04 bits per heavy atom. The van der Waals surface area contributed by atoms with E-state index < -0.39 is 0 Å². The first-order valence-electron chi connectivity index (χ1n) is 7.18. The van der Waals surface area contributed by atoms with Crippen molar-refractivity contribution < 1.29 is 9.21 Å². The molecule has 0 atom stereocenters. The fourth-order valence-electron chi connectivity index (χ4n) is 2.72. The second-order valence-corrected chi connectivity index (χ2v) is 6.07. The first-order chi connectivity index (χ1) is 11.2. The molecule has 0 N–H and O–H groups in total. The van der Waals surface area contributed by atoms with Gasteiger partial charge in [0.2, 0.25) is 11.8 Å². The third-order valence-electron chi connectivity index (χ3n) is 3.66. The summed E-state index contributed by atoms with van der Waals surface area (Å²) in [6.07, 6.45) is 0. The van der Waals surface area contributed by atoms with Gasteiger partial charge in [0.25, 0.3) is 5.22 Å². The summed E-state index contributed by atoms with van der Waals surface area (Å²) in [5.74, 6) is 0.727. The van der Waals surface area contributed by atoms with Crippen LogP contribution in [0.3, 0.4) is 0 Å². The van der Waals surface area contributed by atoms with Gasteiger partial charge in [-0.15, -0.1) is 10.2 Å². The molecular weight excluding hydrogens is 310 g/mol. The van der Waals surface area contributed by atoms with Crippen LogP contribution in [-0.2, 0) is 0 Å². The molecule has 0 fully saturated rings. The Morgan fingerprint density at radius 2 is 1.65 bits per heavy atom. The van der Waals surface area contributed by atoms with Gasteiger partial charge in [-0.1, -0.05) is 48.2 Å². The molecule has 0 bridgehead atoms. The van der Waals surface area contributed by atoms with Crippen LogP contribution in [0.2, 0.25) is 0 Å². The van der Waals surface area contributed by atoms with Crippen LogP contribution in [0.25, 0.3) is 21.8 Å². The average Bonchev–Trinajstić information content (AvgIpc) is 3.14. The third kappa shape index (κ3) is 2.41. The molecule has 0 saturated carbocycles. The Balaban J connectivity index is 1.75. The monoisotopic (exact) mass is 323 g/mol. The lowest BCUT2D eigenvalue weighted by molar-refractivity contribution is 0.0951. The van der Waals surface area contributed by atoms with Crippen molar-refractivity contribution in [2.75, 3.05) is 5.75 Å². The smallest absolute Gasteiger partial charge is 0.277 e. The molecule has 2 heterocycles. The van der Waals surface area contributed by atoms with Gasteiger partial charge in [0, 0.05) is 17.7 Å². The van der Waals surface area contributed by atoms with Crippen LogP contribution in [0.15, 0.2) is 58.2 Å². The van der Waals surface area contributed by atoms with Gasteiger partial charge < -0.3 is 4.42 Å². The predicted molar refractivity (Wildman–Crippen MR) is 89.8 cm³/mol. The molecular formula is C17H13N3O2S. The maximum atomic E-state index is 12.8. The van der Waals surface area contributed by atoms with Gasteiger partial charge in [-0.05, 0) is 12.1 Å². The van der Waals surface area contributed by atoms with Gasteiger partial charge in [0.05, 0.1) is 16.8 Å². The molecule has 0 aliphatic heterocycles. The van der Waals surface area contributed by atoms with Crippen molar-refractivity contribution in [2.24, 2.45) is 0 Å². The van der Waals surface area contributed by atoms with Crippen molar-refractivity contribution in [1.29, 1.82) is 0 Å². The zero-order valence-corrected chi connectivity index (χ0v) is 13.2. The molecule has 0 unspecified atom stereocenters. The lowest BCUT2D eigenvalue weighted by Crippen LogP contribution is -2.12. The second-order valence-electron chi connectivity index (χ2n) is 5.14. The molecule has 6 heteroatoms. The Kier molecular flexibility index (Phi) is 3.38. The molecule has 4 aromatic rings. The third-order valence-corrected chi connectivity index (χ3v) is 4.46. The van der Waals surface area contributed by atoms with E-state index in [1.807, 2.05) is 48.5 Å². The van der Waals surface area contributed by atoms with E-state index in [9.17, 15) is 4.79 Å². The van der Waals surface area contributed by atoms with Gasteiger partial charge in [-0.3, -0.25) is 9.36 Å². The molecule has 4 rings (SSSR count). The maximum Gasteiger partial charge on any atom is 0.277 e. The van der Waals surface area contributed by atoms with E-state index in [1.54, 1.807) is 11.5 Å². The van der Waals surface area contributed by atoms with Crippen molar-refractivity contribution in [3.05, 3.63) is 54.4 Å². The fourth-order valence-corrected chi connectivity index (χ4v) is 3.37. The molecule has 2 aromatic heterocycles. The van der Waals surface area contributed by atoms with Crippen molar-refractivity contribution >= 4 is 39.5 Å². The highest BCUT2D eigenvalue weighted by Gasteiger charge is 2.16. The molecule has 0 saturated heterocycles. The number of fused-ring (bicyclic) bond motifs is 3. The number of para-hydroxylation sites is 2. The number of nitrogens with zero attached hydrogens (tertiary/aromatic N) is 3. The molecule has 0 spiro atoms. The van der Waals surface area contributed by atoms with E-state index in [1.165, 1.54) is 11.8 Å². The SMILES string of the molecule is Cc1nnc(SCC(=O)n2c3ccccc3c3ccccc32)o1. The van der Waals surface area contributed by atoms with E-state index in [2.05, 4.69) is 10.2 Å². The number of thioether (sulfide) groups is 1. The largest absolute Gasteiger partial charge is 0.416 e. The highest BCUT2D eigenvalue weighted by molar-refractivity contribution is 7.99. The number of aromatic nitrogens is 3. The lowest BCUT2D eigenvalue weighted by atomic mass is 10.2. The summed E-state index contributed by atoms with van der Waals surface area (Å²) in [6, 6.07) is 15.9. The van der Waals surface area contributed by atoms with E-state index >= 15 is 0 Å². The van der Waals surface area contributed by atoms with E-state index in [0.717, 1.165) is 21.8 Å². The molecule has 0 radical (unpaired) electrons. The lowest BCUT2D eigenvalue weighted by Gasteiger charge is -2.04. The minimum absolute atomic E-state index is 0.0109. The summed E-state index contributed by atoms with van der Waals surface area (Å²) < 4.78 is 7.07. The highest BCUT2D eigenvalue weighted by Crippen LogP contribution is 2.29. The van der Waals surface area contributed by atoms with Crippen LogP contribution >= 0.6 is 11.8 Å². The number of carbonyl (C=O) groups is 1. The molecule has 0 aliphatic carbocycles. The van der Waals surface area contributed by atoms with Crippen LogP contribution in [0.1, 0.15) is 10.7 Å². The molecule has 0 amide bonds. The van der Waals surface area contributed by atoms with Crippen molar-refractivity contribution in [3.63, 3.8) is 0 Å². The van der Waals surface area contributed by atoms with Gasteiger partial charge in [0.15, 0.2) is 0 Å². The second kappa shape index (κ2) is 5.55. The van der Waals surface area contributed by atoms with E-state index in [0.29, 0.717) is 11.1 Å². The summed E-state index contributed by atoms with van der Waals surface area (Å²) in [5, 5.41) is 10.3. The number of rotatable bonds is 3. The van der Waals surface area contributed by atoms with E-state index in [-0.39, 0.29) is 11.7 Å². The highest BCUT2D eigenvalue weighted by atomic mass is 32.2. The standard InChI is InChI=1S/C17H13N3O2S/c1-11-18-19-17(22-11)23-10-16(21)20-14-8-4-2-6-12(14)13-7-3-5-9-15(13)20/h2-9H,10H2,1H3. The Hall–Kier alpha value is -2.60. The first kappa shape index (κ1) is 14.0. The van der Waals surface area contributed by atoms with Crippen LogP contribution in [0, 0.1) is 6.92 Å². The summed E-state index contributed by atoms with van der Waals surface area (Å²) in [4.78, 5) is 12.8. The Morgan fingerprint density at radius 3 is 2.22 bits per heavy atom. The zero-order valence-electron chi connectivity index (χ0n) is 12.4. The first-order valence-corrected chi connectivity index (χ1v) is 8.17. The summed E-state index contributed by atoms with van der Waals surface area (Å²) in [5.41, 5.74) is 1.84. The van der Waals surface area contributed by atoms with Gasteiger partial charge in [-0.2, -0.15) is 0 Å². The van der Waals surface area contributed by atoms with Crippen LogP contribution in [0.5, 0.6) is 0 Å². The van der Waals surface area contributed by atoms with E-state index in [4.69, 9.17) is 4.42 Å². The number of hydrogen-bond donors (Lipinski definition) is 0. The summed E-state index contributed by atoms with van der Waals surface area (Å²) in [6.45, 7) is 1.73. The Labute approximate surface area is 136 Å². The quantitative estimate of drug-likeness (QED) is 0.535. The average molecular weight is 323 g/mol. The van der Waals surface area contributed by atoms with Crippen LogP contribution in [0.4, 0.5) is 0 Å². The number of benzene rings is 2. The molecule has 5 nitrogen and oxygen atoms in total. The van der Waals surface area contributed by atoms with Gasteiger partial charge in [-0.25, -0.2) is 0 Å². The topological polar surface area (TPSA) is 60.9 Å². The van der Waals surface area contributed by atoms with Crippen LogP contribution in [-0.4, -0.2) is 26.4 Å². The minimum Gasteiger partial charge on any atom is -0.416 e. The minimum atomic E-state index is -0.0109. The predicted octanol–water partition coefficient (Wildman–Crippen LogP) is 3.92. The van der Waals surface area contributed by atoms with Crippen molar-refractivity contribution in [3.8, 4) is 0 Å². The molecule has 0 aliphatic rings.